The SMILES string of the molecule is O=C1COC(=O)C1=C(O)/C=C/c1ccc(Cl)cc1. The van der Waals surface area contributed by atoms with Gasteiger partial charge in [0.05, 0.1) is 0 Å². The van der Waals surface area contributed by atoms with E-state index in [2.05, 4.69) is 4.74 Å². The lowest BCUT2D eigenvalue weighted by Crippen LogP contribution is -2.04. The van der Waals surface area contributed by atoms with E-state index in [4.69, 9.17) is 11.6 Å². The van der Waals surface area contributed by atoms with Crippen molar-refractivity contribution in [3.05, 3.63) is 52.3 Å². The van der Waals surface area contributed by atoms with Gasteiger partial charge in [-0.3, -0.25) is 4.79 Å². The summed E-state index contributed by atoms with van der Waals surface area (Å²) < 4.78 is 4.51. The van der Waals surface area contributed by atoms with Gasteiger partial charge >= 0.3 is 5.97 Å². The molecule has 1 fully saturated rings. The normalized spacial score (nSPS) is 18.3. The second-order valence-electron chi connectivity index (χ2n) is 3.64. The Morgan fingerprint density at radius 2 is 1.94 bits per heavy atom. The van der Waals surface area contributed by atoms with Gasteiger partial charge in [-0.15, -0.1) is 0 Å². The molecule has 1 aliphatic heterocycles. The van der Waals surface area contributed by atoms with E-state index in [9.17, 15) is 14.7 Å². The molecule has 0 aliphatic carbocycles. The van der Waals surface area contributed by atoms with Crippen LogP contribution in [0.25, 0.3) is 6.08 Å². The summed E-state index contributed by atoms with van der Waals surface area (Å²) in [4.78, 5) is 22.4. The average molecular weight is 265 g/mol. The highest BCUT2D eigenvalue weighted by atomic mass is 35.5. The second-order valence-corrected chi connectivity index (χ2v) is 4.08. The predicted octanol–water partition coefficient (Wildman–Crippen LogP) is 2.29. The van der Waals surface area contributed by atoms with Crippen LogP contribution in [-0.2, 0) is 14.3 Å². The molecular formula is C13H9ClO4. The number of aliphatic hydroxyl groups excluding tert-OH is 1. The summed E-state index contributed by atoms with van der Waals surface area (Å²) in [7, 11) is 0. The fraction of sp³-hybridized carbons (Fsp3) is 0.0769. The van der Waals surface area contributed by atoms with Crippen LogP contribution in [0, 0.1) is 0 Å². The molecule has 0 amide bonds. The number of allylic oxidation sites excluding steroid dienone is 1. The van der Waals surface area contributed by atoms with E-state index in [-0.39, 0.29) is 12.2 Å². The molecule has 1 aromatic rings. The molecule has 1 N–H and O–H groups in total. The molecule has 5 heteroatoms. The maximum atomic E-state index is 11.3. The molecule has 0 saturated carbocycles. The number of carbonyl (C=O) groups excluding carboxylic acids is 2. The van der Waals surface area contributed by atoms with Gasteiger partial charge in [0.1, 0.15) is 11.3 Å². The summed E-state index contributed by atoms with van der Waals surface area (Å²) in [6.07, 6.45) is 2.85. The molecule has 2 rings (SSSR count). The van der Waals surface area contributed by atoms with E-state index in [1.54, 1.807) is 30.3 Å². The smallest absolute Gasteiger partial charge is 0.346 e. The number of benzene rings is 1. The van der Waals surface area contributed by atoms with Gasteiger partial charge in [-0.25, -0.2) is 4.79 Å². The van der Waals surface area contributed by atoms with Crippen molar-refractivity contribution in [2.24, 2.45) is 0 Å². The van der Waals surface area contributed by atoms with Crippen LogP contribution in [0.3, 0.4) is 0 Å². The van der Waals surface area contributed by atoms with Crippen molar-refractivity contribution in [3.63, 3.8) is 0 Å². The first-order chi connectivity index (χ1) is 8.58. The Kier molecular flexibility index (Phi) is 3.48. The highest BCUT2D eigenvalue weighted by Crippen LogP contribution is 2.16. The first-order valence-electron chi connectivity index (χ1n) is 5.15. The van der Waals surface area contributed by atoms with E-state index < -0.39 is 17.5 Å². The van der Waals surface area contributed by atoms with Crippen LogP contribution < -0.4 is 0 Å². The number of cyclic esters (lactones) is 1. The van der Waals surface area contributed by atoms with E-state index in [1.807, 2.05) is 0 Å². The third-order valence-corrected chi connectivity index (χ3v) is 2.63. The predicted molar refractivity (Wildman–Crippen MR) is 66.1 cm³/mol. The van der Waals surface area contributed by atoms with E-state index >= 15 is 0 Å². The molecule has 1 saturated heterocycles. The van der Waals surface area contributed by atoms with Crippen LogP contribution in [0.2, 0.25) is 5.02 Å². The summed E-state index contributed by atoms with van der Waals surface area (Å²) in [6.45, 7) is -0.312. The number of hydrogen-bond acceptors (Lipinski definition) is 4. The van der Waals surface area contributed by atoms with Crippen molar-refractivity contribution in [3.8, 4) is 0 Å². The molecule has 1 heterocycles. The van der Waals surface area contributed by atoms with E-state index in [0.29, 0.717) is 5.02 Å². The first-order valence-corrected chi connectivity index (χ1v) is 5.53. The van der Waals surface area contributed by atoms with Crippen LogP contribution in [0.15, 0.2) is 41.7 Å². The van der Waals surface area contributed by atoms with Crippen molar-refractivity contribution >= 4 is 29.4 Å². The summed E-state index contributed by atoms with van der Waals surface area (Å²) in [6, 6.07) is 6.87. The zero-order valence-corrected chi connectivity index (χ0v) is 9.98. The Balaban J connectivity index is 2.23. The fourth-order valence-corrected chi connectivity index (χ4v) is 1.60. The molecule has 0 unspecified atom stereocenters. The summed E-state index contributed by atoms with van der Waals surface area (Å²) in [5.74, 6) is -1.70. The lowest BCUT2D eigenvalue weighted by molar-refractivity contribution is -0.135. The topological polar surface area (TPSA) is 63.6 Å². The van der Waals surface area contributed by atoms with Gasteiger partial charge in [-0.1, -0.05) is 29.8 Å². The van der Waals surface area contributed by atoms with E-state index in [0.717, 1.165) is 5.56 Å². The largest absolute Gasteiger partial charge is 0.507 e. The van der Waals surface area contributed by atoms with Gasteiger partial charge in [0.25, 0.3) is 0 Å². The minimum absolute atomic E-state index is 0.305. The van der Waals surface area contributed by atoms with Crippen molar-refractivity contribution in [1.29, 1.82) is 0 Å². The zero-order valence-electron chi connectivity index (χ0n) is 9.22. The lowest BCUT2D eigenvalue weighted by atomic mass is 10.1. The Morgan fingerprint density at radius 3 is 2.50 bits per heavy atom. The Bertz CT molecular complexity index is 537. The van der Waals surface area contributed by atoms with Crippen molar-refractivity contribution in [2.75, 3.05) is 6.61 Å². The molecule has 4 nitrogen and oxygen atoms in total. The number of esters is 1. The highest BCUT2D eigenvalue weighted by Gasteiger charge is 2.31. The third-order valence-electron chi connectivity index (χ3n) is 2.38. The number of halogens is 1. The minimum Gasteiger partial charge on any atom is -0.507 e. The number of Topliss-reactive ketones (excluding diaryl/α,β-unsaturated/α-hetero) is 1. The first kappa shape index (κ1) is 12.4. The van der Waals surface area contributed by atoms with Gasteiger partial charge in [-0.2, -0.15) is 0 Å². The van der Waals surface area contributed by atoms with E-state index in [1.165, 1.54) is 6.08 Å². The molecule has 0 aromatic heterocycles. The maximum absolute atomic E-state index is 11.3. The summed E-state index contributed by atoms with van der Waals surface area (Å²) in [5.41, 5.74) is 0.477. The molecule has 0 spiro atoms. The van der Waals surface area contributed by atoms with Crippen LogP contribution in [0.5, 0.6) is 0 Å². The monoisotopic (exact) mass is 264 g/mol. The number of rotatable bonds is 2. The standard InChI is InChI=1S/C13H9ClO4/c14-9-4-1-8(2-5-9)3-6-10(15)12-11(16)7-18-13(12)17/h1-6,15H,7H2/b6-3+,12-10?. The molecule has 0 radical (unpaired) electrons. The van der Waals surface area contributed by atoms with Gasteiger partial charge in [0, 0.05) is 5.02 Å². The Hall–Kier alpha value is -2.07. The third kappa shape index (κ3) is 2.60. The quantitative estimate of drug-likeness (QED) is 0.385. The molecule has 0 atom stereocenters. The number of aliphatic hydroxyl groups is 1. The molecule has 1 aliphatic rings. The number of hydrogen-bond donors (Lipinski definition) is 1. The maximum Gasteiger partial charge on any atom is 0.346 e. The van der Waals surface area contributed by atoms with Gasteiger partial charge in [0.15, 0.2) is 6.61 Å². The summed E-state index contributed by atoms with van der Waals surface area (Å²) in [5, 5.41) is 10.3. The second kappa shape index (κ2) is 5.06. The average Bonchev–Trinajstić information content (AvgIpc) is 2.68. The Labute approximate surface area is 108 Å². The van der Waals surface area contributed by atoms with Gasteiger partial charge in [-0.05, 0) is 23.8 Å². The molecular weight excluding hydrogens is 256 g/mol. The number of carbonyl (C=O) groups is 2. The lowest BCUT2D eigenvalue weighted by Gasteiger charge is -1.96. The minimum atomic E-state index is -0.793. The highest BCUT2D eigenvalue weighted by molar-refractivity contribution is 6.30. The van der Waals surface area contributed by atoms with Crippen molar-refractivity contribution < 1.29 is 19.4 Å². The van der Waals surface area contributed by atoms with Crippen molar-refractivity contribution in [2.45, 2.75) is 0 Å². The van der Waals surface area contributed by atoms with Crippen LogP contribution in [-0.4, -0.2) is 23.5 Å². The zero-order chi connectivity index (χ0) is 13.1. The molecule has 18 heavy (non-hydrogen) atoms. The van der Waals surface area contributed by atoms with Gasteiger partial charge < -0.3 is 9.84 Å². The molecule has 92 valence electrons. The summed E-state index contributed by atoms with van der Waals surface area (Å²) >= 11 is 5.73. The van der Waals surface area contributed by atoms with Gasteiger partial charge in [0.2, 0.25) is 5.78 Å². The number of ether oxygens (including phenoxy) is 1. The molecule has 0 bridgehead atoms. The molecule has 1 aromatic carbocycles. The van der Waals surface area contributed by atoms with Crippen LogP contribution >= 0.6 is 11.6 Å². The van der Waals surface area contributed by atoms with Crippen LogP contribution in [0.4, 0.5) is 0 Å². The van der Waals surface area contributed by atoms with Crippen LogP contribution in [0.1, 0.15) is 5.56 Å². The van der Waals surface area contributed by atoms with Crippen molar-refractivity contribution in [1.82, 2.24) is 0 Å². The number of ketones is 1. The Morgan fingerprint density at radius 1 is 1.28 bits per heavy atom. The fourth-order valence-electron chi connectivity index (χ4n) is 1.47.